The van der Waals surface area contributed by atoms with E-state index in [-0.39, 0.29) is 0 Å². The van der Waals surface area contributed by atoms with Crippen LogP contribution in [-0.4, -0.2) is 24.6 Å². The van der Waals surface area contributed by atoms with Crippen LogP contribution >= 0.6 is 0 Å². The fourth-order valence-electron chi connectivity index (χ4n) is 1.79. The second kappa shape index (κ2) is 4.96. The molecule has 2 rings (SSSR count). The molecule has 3 nitrogen and oxygen atoms in total. The zero-order valence-electron chi connectivity index (χ0n) is 8.79. The van der Waals surface area contributed by atoms with E-state index >= 15 is 0 Å². The molecular weight excluding hydrogens is 186 g/mol. The minimum absolute atomic E-state index is 0.702. The van der Waals surface area contributed by atoms with Gasteiger partial charge in [0.15, 0.2) is 0 Å². The van der Waals surface area contributed by atoms with Gasteiger partial charge in [0.2, 0.25) is 0 Å². The Morgan fingerprint density at radius 2 is 2.07 bits per heavy atom. The summed E-state index contributed by atoms with van der Waals surface area (Å²) in [4.78, 5) is 3.28. The van der Waals surface area contributed by atoms with Crippen molar-refractivity contribution in [3.8, 4) is 0 Å². The lowest BCUT2D eigenvalue weighted by molar-refractivity contribution is 0.690. The number of aromatic nitrogens is 1. The Balaban J connectivity index is 2.02. The van der Waals surface area contributed by atoms with Crippen LogP contribution in [0.4, 0.5) is 0 Å². The van der Waals surface area contributed by atoms with E-state index in [0.717, 1.165) is 19.5 Å². The quantitative estimate of drug-likeness (QED) is 0.641. The smallest absolute Gasteiger partial charge is 0.0456 e. The number of rotatable bonds is 5. The molecule has 0 atom stereocenters. The minimum atomic E-state index is 0.702. The third-order valence-electron chi connectivity index (χ3n) is 2.57. The summed E-state index contributed by atoms with van der Waals surface area (Å²) in [7, 11) is 0. The van der Waals surface area contributed by atoms with E-state index in [9.17, 15) is 0 Å². The van der Waals surface area contributed by atoms with Crippen LogP contribution in [0.25, 0.3) is 10.9 Å². The normalized spacial score (nSPS) is 11.0. The second-order valence-corrected chi connectivity index (χ2v) is 3.65. The number of nitrogens with two attached hydrogens (primary N) is 1. The van der Waals surface area contributed by atoms with Crippen molar-refractivity contribution in [1.29, 1.82) is 0 Å². The van der Waals surface area contributed by atoms with E-state index in [1.54, 1.807) is 0 Å². The van der Waals surface area contributed by atoms with Gasteiger partial charge in [-0.15, -0.1) is 0 Å². The van der Waals surface area contributed by atoms with Crippen molar-refractivity contribution in [3.63, 3.8) is 0 Å². The number of H-pyrrole nitrogens is 1. The molecule has 4 N–H and O–H groups in total. The summed E-state index contributed by atoms with van der Waals surface area (Å²) in [5.41, 5.74) is 7.99. The monoisotopic (exact) mass is 203 g/mol. The van der Waals surface area contributed by atoms with Crippen molar-refractivity contribution in [1.82, 2.24) is 10.3 Å². The lowest BCUT2D eigenvalue weighted by atomic mass is 10.1. The number of nitrogens with one attached hydrogen (secondary N) is 2. The molecule has 0 radical (unpaired) electrons. The molecule has 0 amide bonds. The Labute approximate surface area is 89.7 Å². The van der Waals surface area contributed by atoms with Gasteiger partial charge < -0.3 is 16.0 Å². The van der Waals surface area contributed by atoms with Gasteiger partial charge in [-0.2, -0.15) is 0 Å². The van der Waals surface area contributed by atoms with Gasteiger partial charge in [-0.05, 0) is 24.6 Å². The molecule has 1 heterocycles. The molecule has 0 fully saturated rings. The zero-order chi connectivity index (χ0) is 10.5. The standard InChI is InChI=1S/C12H17N3/c13-6-8-14-7-5-10-9-15-12-4-2-1-3-11(10)12/h1-4,9,14-15H,5-8,13H2. The first kappa shape index (κ1) is 10.2. The maximum Gasteiger partial charge on any atom is 0.0456 e. The fraction of sp³-hybridized carbons (Fsp3) is 0.333. The zero-order valence-corrected chi connectivity index (χ0v) is 8.79. The van der Waals surface area contributed by atoms with Gasteiger partial charge in [-0.1, -0.05) is 18.2 Å². The van der Waals surface area contributed by atoms with Gasteiger partial charge in [0.05, 0.1) is 0 Å². The second-order valence-electron chi connectivity index (χ2n) is 3.65. The molecule has 0 saturated heterocycles. The highest BCUT2D eigenvalue weighted by molar-refractivity contribution is 5.83. The maximum atomic E-state index is 5.41. The number of hydrogen-bond acceptors (Lipinski definition) is 2. The number of benzene rings is 1. The predicted molar refractivity (Wildman–Crippen MR) is 63.9 cm³/mol. The molecular formula is C12H17N3. The third kappa shape index (κ3) is 2.37. The maximum absolute atomic E-state index is 5.41. The Bertz CT molecular complexity index is 419. The SMILES string of the molecule is NCCNCCc1c[nH]c2ccccc12. The summed E-state index contributed by atoms with van der Waals surface area (Å²) >= 11 is 0. The molecule has 0 aliphatic rings. The van der Waals surface area contributed by atoms with E-state index in [4.69, 9.17) is 5.73 Å². The highest BCUT2D eigenvalue weighted by Gasteiger charge is 2.01. The first-order chi connectivity index (χ1) is 7.42. The molecule has 3 heteroatoms. The van der Waals surface area contributed by atoms with Gasteiger partial charge in [0.1, 0.15) is 0 Å². The average Bonchev–Trinajstić information content (AvgIpc) is 2.68. The van der Waals surface area contributed by atoms with Crippen molar-refractivity contribution in [2.45, 2.75) is 6.42 Å². The van der Waals surface area contributed by atoms with Crippen LogP contribution < -0.4 is 11.1 Å². The van der Waals surface area contributed by atoms with Crippen molar-refractivity contribution >= 4 is 10.9 Å². The summed E-state index contributed by atoms with van der Waals surface area (Å²) in [5, 5.41) is 4.63. The van der Waals surface area contributed by atoms with Crippen molar-refractivity contribution in [2.24, 2.45) is 5.73 Å². The average molecular weight is 203 g/mol. The third-order valence-corrected chi connectivity index (χ3v) is 2.57. The van der Waals surface area contributed by atoms with Crippen molar-refractivity contribution < 1.29 is 0 Å². The van der Waals surface area contributed by atoms with Crippen molar-refractivity contribution in [3.05, 3.63) is 36.0 Å². The molecule has 1 aromatic heterocycles. The Kier molecular flexibility index (Phi) is 3.37. The largest absolute Gasteiger partial charge is 0.361 e. The Hall–Kier alpha value is -1.32. The summed E-state index contributed by atoms with van der Waals surface area (Å²) < 4.78 is 0. The predicted octanol–water partition coefficient (Wildman–Crippen LogP) is 1.26. The highest BCUT2D eigenvalue weighted by Crippen LogP contribution is 2.17. The van der Waals surface area contributed by atoms with Crippen LogP contribution in [0.1, 0.15) is 5.56 Å². The van der Waals surface area contributed by atoms with E-state index in [0.29, 0.717) is 6.54 Å². The molecule has 2 aromatic rings. The first-order valence-corrected chi connectivity index (χ1v) is 5.37. The van der Waals surface area contributed by atoms with Gasteiger partial charge in [0, 0.05) is 30.2 Å². The minimum Gasteiger partial charge on any atom is -0.361 e. The summed E-state index contributed by atoms with van der Waals surface area (Å²) in [6.45, 7) is 2.58. The van der Waals surface area contributed by atoms with Crippen LogP contribution in [0.3, 0.4) is 0 Å². The van der Waals surface area contributed by atoms with E-state index < -0.39 is 0 Å². The van der Waals surface area contributed by atoms with Crippen LogP contribution in [0.5, 0.6) is 0 Å². The number of aromatic amines is 1. The lowest BCUT2D eigenvalue weighted by Gasteiger charge is -2.01. The van der Waals surface area contributed by atoms with Crippen LogP contribution in [0.15, 0.2) is 30.5 Å². The number of fused-ring (bicyclic) bond motifs is 1. The number of para-hydroxylation sites is 1. The van der Waals surface area contributed by atoms with Crippen LogP contribution in [-0.2, 0) is 6.42 Å². The number of hydrogen-bond donors (Lipinski definition) is 3. The summed E-state index contributed by atoms with van der Waals surface area (Å²) in [6, 6.07) is 8.39. The fourth-order valence-corrected chi connectivity index (χ4v) is 1.79. The topological polar surface area (TPSA) is 53.8 Å². The van der Waals surface area contributed by atoms with Gasteiger partial charge >= 0.3 is 0 Å². The molecule has 15 heavy (non-hydrogen) atoms. The molecule has 0 saturated carbocycles. The van der Waals surface area contributed by atoms with Gasteiger partial charge in [-0.25, -0.2) is 0 Å². The first-order valence-electron chi connectivity index (χ1n) is 5.37. The van der Waals surface area contributed by atoms with Gasteiger partial charge in [-0.3, -0.25) is 0 Å². The molecule has 0 aliphatic heterocycles. The molecule has 0 bridgehead atoms. The highest BCUT2D eigenvalue weighted by atomic mass is 14.9. The van der Waals surface area contributed by atoms with Crippen LogP contribution in [0.2, 0.25) is 0 Å². The Morgan fingerprint density at radius 3 is 2.93 bits per heavy atom. The Morgan fingerprint density at radius 1 is 1.20 bits per heavy atom. The van der Waals surface area contributed by atoms with Crippen LogP contribution in [0, 0.1) is 0 Å². The molecule has 0 spiro atoms. The molecule has 0 aliphatic carbocycles. The molecule has 80 valence electrons. The van der Waals surface area contributed by atoms with E-state index in [1.807, 2.05) is 0 Å². The van der Waals surface area contributed by atoms with E-state index in [1.165, 1.54) is 16.5 Å². The summed E-state index contributed by atoms with van der Waals surface area (Å²) in [5.74, 6) is 0. The van der Waals surface area contributed by atoms with Crippen molar-refractivity contribution in [2.75, 3.05) is 19.6 Å². The molecule has 1 aromatic carbocycles. The van der Waals surface area contributed by atoms with E-state index in [2.05, 4.69) is 40.8 Å². The summed E-state index contributed by atoms with van der Waals surface area (Å²) in [6.07, 6.45) is 3.14. The van der Waals surface area contributed by atoms with Gasteiger partial charge in [0.25, 0.3) is 0 Å². The lowest BCUT2D eigenvalue weighted by Crippen LogP contribution is -2.24. The molecule has 0 unspecified atom stereocenters.